The van der Waals surface area contributed by atoms with Gasteiger partial charge in [-0.15, -0.1) is 5.53 Å². The first-order valence-corrected chi connectivity index (χ1v) is 1.55. The number of rotatable bonds is 4. The van der Waals surface area contributed by atoms with E-state index in [1.807, 2.05) is 16.4 Å². The van der Waals surface area contributed by atoms with Crippen molar-refractivity contribution in [3.05, 3.63) is 0 Å². The maximum Gasteiger partial charge on any atom is 0.222 e. The largest absolute Gasteiger partial charge is 0.277 e. The van der Waals surface area contributed by atoms with E-state index >= 15 is 0 Å². The first-order valence-electron chi connectivity index (χ1n) is 1.55. The van der Waals surface area contributed by atoms with Crippen LogP contribution in [0.15, 0.2) is 0 Å². The summed E-state index contributed by atoms with van der Waals surface area (Å²) >= 11 is 0. The van der Waals surface area contributed by atoms with Crippen LogP contribution in [0.3, 0.4) is 0 Å². The van der Waals surface area contributed by atoms with Crippen molar-refractivity contribution in [2.45, 2.75) is 0 Å². The third-order valence-electron chi connectivity index (χ3n) is 0.262. The molecule has 0 fully saturated rings. The van der Waals surface area contributed by atoms with Crippen LogP contribution in [0.5, 0.6) is 0 Å². The Bertz CT molecular complexity index is 56.0. The standard InChI is InChI=1S/C2H5N3O2/c6-1-3-5-4-2-7/h1-2,5H,(H,3,6)(H,4,7). The second-order valence-corrected chi connectivity index (χ2v) is 0.649. The lowest BCUT2D eigenvalue weighted by atomic mass is 11.4. The molecule has 0 aromatic carbocycles. The summed E-state index contributed by atoms with van der Waals surface area (Å²) in [7, 11) is 0. The molecule has 5 heteroatoms. The number of hydrogen-bond donors (Lipinski definition) is 3. The van der Waals surface area contributed by atoms with Gasteiger partial charge in [-0.25, -0.2) is 0 Å². The Labute approximate surface area is 40.0 Å². The number of carbonyl (C=O) groups excluding carboxylic acids is 2. The summed E-state index contributed by atoms with van der Waals surface area (Å²) in [6.45, 7) is 0. The summed E-state index contributed by atoms with van der Waals surface area (Å²) in [6.07, 6.45) is 0.799. The second kappa shape index (κ2) is 4.90. The Morgan fingerprint density at radius 3 is 1.71 bits per heavy atom. The van der Waals surface area contributed by atoms with Gasteiger partial charge >= 0.3 is 0 Å². The van der Waals surface area contributed by atoms with E-state index in [4.69, 9.17) is 0 Å². The fourth-order valence-electron chi connectivity index (χ4n) is 0.101. The molecular weight excluding hydrogens is 98.0 g/mol. The lowest BCUT2D eigenvalue weighted by Crippen LogP contribution is -2.41. The first-order chi connectivity index (χ1) is 3.41. The number of amides is 2. The van der Waals surface area contributed by atoms with Crippen LogP contribution in [0.2, 0.25) is 0 Å². The molecule has 0 bridgehead atoms. The maximum absolute atomic E-state index is 9.35. The van der Waals surface area contributed by atoms with Gasteiger partial charge in [0.1, 0.15) is 0 Å². The highest BCUT2D eigenvalue weighted by Crippen LogP contribution is 1.22. The van der Waals surface area contributed by atoms with Crippen LogP contribution in [0.1, 0.15) is 0 Å². The van der Waals surface area contributed by atoms with Gasteiger partial charge in [0, 0.05) is 0 Å². The zero-order valence-electron chi connectivity index (χ0n) is 3.47. The maximum atomic E-state index is 9.35. The molecule has 40 valence electrons. The van der Waals surface area contributed by atoms with Crippen LogP contribution in [0.25, 0.3) is 0 Å². The predicted octanol–water partition coefficient (Wildman–Crippen LogP) is -2.10. The lowest BCUT2D eigenvalue weighted by Gasteiger charge is -1.93. The third-order valence-corrected chi connectivity index (χ3v) is 0.262. The van der Waals surface area contributed by atoms with Crippen LogP contribution < -0.4 is 16.4 Å². The van der Waals surface area contributed by atoms with Crippen molar-refractivity contribution in [2.24, 2.45) is 0 Å². The summed E-state index contributed by atoms with van der Waals surface area (Å²) < 4.78 is 0. The highest BCUT2D eigenvalue weighted by atomic mass is 16.2. The lowest BCUT2D eigenvalue weighted by molar-refractivity contribution is -0.112. The second-order valence-electron chi connectivity index (χ2n) is 0.649. The molecule has 2 amide bonds. The van der Waals surface area contributed by atoms with Crippen LogP contribution in [-0.4, -0.2) is 12.8 Å². The van der Waals surface area contributed by atoms with Crippen LogP contribution >= 0.6 is 0 Å². The molecule has 0 saturated carbocycles. The molecule has 7 heavy (non-hydrogen) atoms. The molecule has 0 atom stereocenters. The summed E-state index contributed by atoms with van der Waals surface area (Å²) in [5.41, 5.74) is 6.00. The number of hydrogen-bond acceptors (Lipinski definition) is 3. The molecule has 0 aromatic rings. The van der Waals surface area contributed by atoms with E-state index in [0.29, 0.717) is 12.8 Å². The van der Waals surface area contributed by atoms with E-state index in [-0.39, 0.29) is 0 Å². The molecule has 3 N–H and O–H groups in total. The van der Waals surface area contributed by atoms with Crippen LogP contribution in [0.4, 0.5) is 0 Å². The Hall–Kier alpha value is -1.10. The van der Waals surface area contributed by atoms with Crippen LogP contribution in [-0.2, 0) is 9.59 Å². The smallest absolute Gasteiger partial charge is 0.222 e. The van der Waals surface area contributed by atoms with Crippen molar-refractivity contribution >= 4 is 12.8 Å². The molecule has 0 unspecified atom stereocenters. The highest BCUT2D eigenvalue weighted by molar-refractivity contribution is 5.47. The van der Waals surface area contributed by atoms with Gasteiger partial charge in [-0.1, -0.05) is 0 Å². The molecule has 0 aromatic heterocycles. The number of carbonyl (C=O) groups is 2. The van der Waals surface area contributed by atoms with E-state index in [1.165, 1.54) is 0 Å². The molecule has 0 heterocycles. The Morgan fingerprint density at radius 2 is 1.43 bits per heavy atom. The average molecular weight is 103 g/mol. The third kappa shape index (κ3) is 4.90. The summed E-state index contributed by atoms with van der Waals surface area (Å²) in [5, 5.41) is 0. The van der Waals surface area contributed by atoms with E-state index < -0.39 is 0 Å². The molecular formula is C2H5N3O2. The van der Waals surface area contributed by atoms with E-state index in [2.05, 4.69) is 0 Å². The minimum absolute atomic E-state index is 0.399. The minimum Gasteiger partial charge on any atom is -0.277 e. The van der Waals surface area contributed by atoms with Gasteiger partial charge in [0.15, 0.2) is 0 Å². The topological polar surface area (TPSA) is 70.2 Å². The average Bonchev–Trinajstić information content (AvgIpc) is 1.69. The summed E-state index contributed by atoms with van der Waals surface area (Å²) in [5.74, 6) is 0. The van der Waals surface area contributed by atoms with Crippen molar-refractivity contribution in [3.63, 3.8) is 0 Å². The normalized spacial score (nSPS) is 6.86. The SMILES string of the molecule is O=CNNNC=O. The van der Waals surface area contributed by atoms with Crippen molar-refractivity contribution in [1.29, 1.82) is 0 Å². The van der Waals surface area contributed by atoms with E-state index in [9.17, 15) is 9.59 Å². The Kier molecular flexibility index (Phi) is 4.13. The van der Waals surface area contributed by atoms with Crippen molar-refractivity contribution in [3.8, 4) is 0 Å². The first kappa shape index (κ1) is 5.90. The summed E-state index contributed by atoms with van der Waals surface area (Å²) in [6, 6.07) is 0. The van der Waals surface area contributed by atoms with Gasteiger partial charge in [0.2, 0.25) is 12.8 Å². The molecule has 0 aliphatic rings. The van der Waals surface area contributed by atoms with Gasteiger partial charge in [-0.3, -0.25) is 20.4 Å². The minimum atomic E-state index is 0.399. The zero-order chi connectivity index (χ0) is 5.54. The zero-order valence-corrected chi connectivity index (χ0v) is 3.47. The van der Waals surface area contributed by atoms with Crippen LogP contribution in [0, 0.1) is 0 Å². The van der Waals surface area contributed by atoms with Gasteiger partial charge in [0.25, 0.3) is 0 Å². The number of nitrogens with one attached hydrogen (secondary N) is 3. The van der Waals surface area contributed by atoms with Gasteiger partial charge < -0.3 is 0 Å². The predicted molar refractivity (Wildman–Crippen MR) is 21.5 cm³/mol. The van der Waals surface area contributed by atoms with Crippen molar-refractivity contribution in [1.82, 2.24) is 16.4 Å². The molecule has 0 spiro atoms. The molecule has 5 nitrogen and oxygen atoms in total. The number of hydrazine groups is 2. The Balaban J connectivity index is 2.68. The summed E-state index contributed by atoms with van der Waals surface area (Å²) in [4.78, 5) is 18.7. The molecule has 0 aliphatic carbocycles. The highest BCUT2D eigenvalue weighted by Gasteiger charge is 1.67. The van der Waals surface area contributed by atoms with Gasteiger partial charge in [-0.05, 0) is 0 Å². The molecule has 0 saturated heterocycles. The monoisotopic (exact) mass is 103 g/mol. The molecule has 0 aliphatic heterocycles. The molecule has 0 radical (unpaired) electrons. The molecule has 0 rings (SSSR count). The Morgan fingerprint density at radius 1 is 1.00 bits per heavy atom. The van der Waals surface area contributed by atoms with Gasteiger partial charge in [-0.2, -0.15) is 0 Å². The fraction of sp³-hybridized carbons (Fsp3) is 0. The quantitative estimate of drug-likeness (QED) is 0.217. The van der Waals surface area contributed by atoms with Gasteiger partial charge in [0.05, 0.1) is 0 Å². The van der Waals surface area contributed by atoms with Crippen molar-refractivity contribution in [2.75, 3.05) is 0 Å². The van der Waals surface area contributed by atoms with E-state index in [0.717, 1.165) is 0 Å². The fourth-order valence-corrected chi connectivity index (χ4v) is 0.101. The van der Waals surface area contributed by atoms with Crippen molar-refractivity contribution < 1.29 is 9.59 Å². The van der Waals surface area contributed by atoms with E-state index in [1.54, 1.807) is 0 Å².